The largest absolute Gasteiger partial charge is 0.326 e. The van der Waals surface area contributed by atoms with Gasteiger partial charge in [-0.2, -0.15) is 0 Å². The molecule has 1 saturated carbocycles. The Morgan fingerprint density at radius 3 is 2.74 bits per heavy atom. The molecule has 2 aromatic rings. The van der Waals surface area contributed by atoms with E-state index in [2.05, 4.69) is 51.5 Å². The number of benzene rings is 1. The van der Waals surface area contributed by atoms with Crippen LogP contribution in [0.3, 0.4) is 0 Å². The molecule has 0 saturated heterocycles. The molecule has 1 fully saturated rings. The highest BCUT2D eigenvalue weighted by Gasteiger charge is 2.45. The number of halogens is 2. The average molecular weight is 342 g/mol. The fourth-order valence-corrected chi connectivity index (χ4v) is 3.37. The predicted molar refractivity (Wildman–Crippen MR) is 83.5 cm³/mol. The minimum absolute atomic E-state index is 0.455. The number of nitrogens with zero attached hydrogens (tertiary/aromatic N) is 2. The highest BCUT2D eigenvalue weighted by Crippen LogP contribution is 2.53. The molecule has 1 aliphatic carbocycles. The first kappa shape index (κ1) is 13.4. The molecule has 1 aromatic heterocycles. The third kappa shape index (κ3) is 2.31. The van der Waals surface area contributed by atoms with Gasteiger partial charge in [0.25, 0.3) is 0 Å². The van der Waals surface area contributed by atoms with Crippen molar-refractivity contribution in [2.75, 3.05) is 0 Å². The third-order valence-corrected chi connectivity index (χ3v) is 5.23. The molecule has 2 nitrogen and oxygen atoms in total. The summed E-state index contributed by atoms with van der Waals surface area (Å²) in [5, 5.41) is 0. The molecule has 0 spiro atoms. The summed E-state index contributed by atoms with van der Waals surface area (Å²) < 4.78 is 3.41. The lowest BCUT2D eigenvalue weighted by Gasteiger charge is -2.21. The molecule has 4 heteroatoms. The Bertz CT molecular complexity index is 614. The molecular weight excluding hydrogens is 324 g/mol. The van der Waals surface area contributed by atoms with Gasteiger partial charge in [-0.1, -0.05) is 29.8 Å². The van der Waals surface area contributed by atoms with Crippen LogP contribution in [-0.2, 0) is 12.4 Å². The number of alkyl halides is 1. The molecule has 0 aliphatic heterocycles. The van der Waals surface area contributed by atoms with Crippen molar-refractivity contribution in [3.8, 4) is 0 Å². The smallest absolute Gasteiger partial charge is 0.124 e. The summed E-state index contributed by atoms with van der Waals surface area (Å²) >= 11 is 9.62. The van der Waals surface area contributed by atoms with Gasteiger partial charge in [0.2, 0.25) is 0 Å². The zero-order valence-electron chi connectivity index (χ0n) is 11.3. The SMILES string of the molecule is CC(C)C1(Cn2c(CCl)nc3ccc(Br)cc32)CC1. The number of imidazole rings is 1. The molecule has 19 heavy (non-hydrogen) atoms. The van der Waals surface area contributed by atoms with Crippen LogP contribution >= 0.6 is 27.5 Å². The first-order chi connectivity index (χ1) is 9.05. The molecule has 1 heterocycles. The van der Waals surface area contributed by atoms with E-state index in [4.69, 9.17) is 11.6 Å². The lowest BCUT2D eigenvalue weighted by Crippen LogP contribution is -2.19. The summed E-state index contributed by atoms with van der Waals surface area (Å²) in [5.74, 6) is 2.17. The second kappa shape index (κ2) is 4.78. The van der Waals surface area contributed by atoms with Gasteiger partial charge in [-0.05, 0) is 42.4 Å². The van der Waals surface area contributed by atoms with Crippen molar-refractivity contribution in [2.45, 2.75) is 39.1 Å². The summed E-state index contributed by atoms with van der Waals surface area (Å²) in [5.41, 5.74) is 2.69. The highest BCUT2D eigenvalue weighted by atomic mass is 79.9. The molecule has 102 valence electrons. The van der Waals surface area contributed by atoms with Gasteiger partial charge in [0.15, 0.2) is 0 Å². The number of hydrogen-bond acceptors (Lipinski definition) is 1. The first-order valence-corrected chi connectivity index (χ1v) is 8.09. The van der Waals surface area contributed by atoms with E-state index in [9.17, 15) is 0 Å². The van der Waals surface area contributed by atoms with Crippen LogP contribution in [0.2, 0.25) is 0 Å². The Morgan fingerprint density at radius 2 is 2.16 bits per heavy atom. The molecule has 0 amide bonds. The molecular formula is C15H18BrClN2. The minimum Gasteiger partial charge on any atom is -0.326 e. The van der Waals surface area contributed by atoms with Crippen LogP contribution in [0, 0.1) is 11.3 Å². The average Bonchev–Trinajstić information content (AvgIpc) is 3.09. The molecule has 0 unspecified atom stereocenters. The van der Waals surface area contributed by atoms with Crippen molar-refractivity contribution in [3.63, 3.8) is 0 Å². The second-order valence-electron chi connectivity index (χ2n) is 5.90. The van der Waals surface area contributed by atoms with E-state index in [0.717, 1.165) is 22.4 Å². The molecule has 0 radical (unpaired) electrons. The van der Waals surface area contributed by atoms with Crippen LogP contribution in [0.25, 0.3) is 11.0 Å². The standard InChI is InChI=1S/C15H18BrClN2/c1-10(2)15(5-6-15)9-19-13-7-11(16)3-4-12(13)18-14(19)8-17/h3-4,7,10H,5-6,8-9H2,1-2H3. The Morgan fingerprint density at radius 1 is 1.42 bits per heavy atom. The van der Waals surface area contributed by atoms with Crippen molar-refractivity contribution in [3.05, 3.63) is 28.5 Å². The van der Waals surface area contributed by atoms with Gasteiger partial charge in [0, 0.05) is 11.0 Å². The summed E-state index contributed by atoms with van der Waals surface area (Å²) in [6.45, 7) is 5.69. The summed E-state index contributed by atoms with van der Waals surface area (Å²) in [4.78, 5) is 4.65. The van der Waals surface area contributed by atoms with Crippen LogP contribution in [0.5, 0.6) is 0 Å². The fourth-order valence-electron chi connectivity index (χ4n) is 2.82. The zero-order chi connectivity index (χ0) is 13.6. The number of fused-ring (bicyclic) bond motifs is 1. The van der Waals surface area contributed by atoms with E-state index in [-0.39, 0.29) is 0 Å². The maximum Gasteiger partial charge on any atom is 0.124 e. The topological polar surface area (TPSA) is 17.8 Å². The maximum atomic E-state index is 6.08. The Balaban J connectivity index is 2.08. The number of rotatable bonds is 4. The quantitative estimate of drug-likeness (QED) is 0.718. The van der Waals surface area contributed by atoms with Crippen molar-refractivity contribution in [2.24, 2.45) is 11.3 Å². The van der Waals surface area contributed by atoms with E-state index in [0.29, 0.717) is 17.2 Å². The van der Waals surface area contributed by atoms with Gasteiger partial charge >= 0.3 is 0 Å². The summed E-state index contributed by atoms with van der Waals surface area (Å²) in [6, 6.07) is 6.24. The van der Waals surface area contributed by atoms with Gasteiger partial charge in [0.05, 0.1) is 16.9 Å². The monoisotopic (exact) mass is 340 g/mol. The lowest BCUT2D eigenvalue weighted by atomic mass is 9.92. The second-order valence-corrected chi connectivity index (χ2v) is 7.08. The van der Waals surface area contributed by atoms with Crippen LogP contribution in [-0.4, -0.2) is 9.55 Å². The van der Waals surface area contributed by atoms with Crippen molar-refractivity contribution in [1.82, 2.24) is 9.55 Å². The Hall–Kier alpha value is -0.540. The first-order valence-electron chi connectivity index (χ1n) is 6.76. The molecule has 0 bridgehead atoms. The maximum absolute atomic E-state index is 6.08. The number of aromatic nitrogens is 2. The zero-order valence-corrected chi connectivity index (χ0v) is 13.6. The Kier molecular flexibility index (Phi) is 3.38. The van der Waals surface area contributed by atoms with Gasteiger partial charge in [-0.25, -0.2) is 4.98 Å². The van der Waals surface area contributed by atoms with Crippen LogP contribution in [0.15, 0.2) is 22.7 Å². The van der Waals surface area contributed by atoms with E-state index in [1.807, 2.05) is 6.07 Å². The van der Waals surface area contributed by atoms with Crippen molar-refractivity contribution < 1.29 is 0 Å². The molecule has 0 atom stereocenters. The van der Waals surface area contributed by atoms with Gasteiger partial charge in [-0.15, -0.1) is 11.6 Å². The highest BCUT2D eigenvalue weighted by molar-refractivity contribution is 9.10. The van der Waals surface area contributed by atoms with Gasteiger partial charge in [0.1, 0.15) is 5.82 Å². The third-order valence-electron chi connectivity index (χ3n) is 4.50. The van der Waals surface area contributed by atoms with E-state index in [1.54, 1.807) is 0 Å². The van der Waals surface area contributed by atoms with E-state index >= 15 is 0 Å². The van der Waals surface area contributed by atoms with Crippen LogP contribution in [0.4, 0.5) is 0 Å². The predicted octanol–water partition coefficient (Wildman–Crippen LogP) is 4.97. The molecule has 3 rings (SSSR count). The van der Waals surface area contributed by atoms with E-state index in [1.165, 1.54) is 18.4 Å². The van der Waals surface area contributed by atoms with Gasteiger partial charge in [-0.3, -0.25) is 0 Å². The summed E-state index contributed by atoms with van der Waals surface area (Å²) in [7, 11) is 0. The van der Waals surface area contributed by atoms with Crippen molar-refractivity contribution in [1.29, 1.82) is 0 Å². The fraction of sp³-hybridized carbons (Fsp3) is 0.533. The molecule has 0 N–H and O–H groups in total. The summed E-state index contributed by atoms with van der Waals surface area (Å²) in [6.07, 6.45) is 2.64. The molecule has 1 aliphatic rings. The lowest BCUT2D eigenvalue weighted by molar-refractivity contribution is 0.309. The van der Waals surface area contributed by atoms with Crippen LogP contribution in [0.1, 0.15) is 32.5 Å². The number of hydrogen-bond donors (Lipinski definition) is 0. The van der Waals surface area contributed by atoms with Gasteiger partial charge < -0.3 is 4.57 Å². The molecule has 1 aromatic carbocycles. The van der Waals surface area contributed by atoms with Crippen LogP contribution < -0.4 is 0 Å². The normalized spacial score (nSPS) is 17.3. The Labute approximate surface area is 127 Å². The van der Waals surface area contributed by atoms with E-state index < -0.39 is 0 Å². The minimum atomic E-state index is 0.455. The van der Waals surface area contributed by atoms with Crippen molar-refractivity contribution >= 4 is 38.6 Å².